The van der Waals surface area contributed by atoms with Crippen molar-refractivity contribution >= 4 is 17.9 Å². The van der Waals surface area contributed by atoms with Gasteiger partial charge >= 0.3 is 17.9 Å². The van der Waals surface area contributed by atoms with Gasteiger partial charge in [0.1, 0.15) is 13.2 Å². The molecule has 388 valence electrons. The normalized spacial score (nSPS) is 12.8. The number of unbranched alkanes of at least 4 members (excludes halogenated alkanes) is 23. The Kier molecular flexibility index (Phi) is 52.9. The summed E-state index contributed by atoms with van der Waals surface area (Å²) in [5, 5.41) is 0. The first-order valence-electron chi connectivity index (χ1n) is 28.2. The van der Waals surface area contributed by atoms with Crippen LogP contribution in [0.1, 0.15) is 258 Å². The molecule has 0 aliphatic rings. The summed E-state index contributed by atoms with van der Waals surface area (Å²) in [7, 11) is 0. The van der Waals surface area contributed by atoms with Gasteiger partial charge in [0.2, 0.25) is 0 Å². The van der Waals surface area contributed by atoms with E-state index in [-0.39, 0.29) is 31.1 Å². The van der Waals surface area contributed by atoms with Crippen LogP contribution in [0, 0.1) is 0 Å². The summed E-state index contributed by atoms with van der Waals surface area (Å²) in [6.45, 7) is 6.45. The lowest BCUT2D eigenvalue weighted by Crippen LogP contribution is -2.30. The van der Waals surface area contributed by atoms with Crippen LogP contribution < -0.4 is 0 Å². The molecule has 0 N–H and O–H groups in total. The highest BCUT2D eigenvalue weighted by atomic mass is 16.6. The first-order valence-corrected chi connectivity index (χ1v) is 28.2. The van der Waals surface area contributed by atoms with Gasteiger partial charge in [-0.05, 0) is 83.5 Å². The summed E-state index contributed by atoms with van der Waals surface area (Å²) in [6, 6.07) is 0. The number of hydrogen-bond donors (Lipinski definition) is 0. The summed E-state index contributed by atoms with van der Waals surface area (Å²) in [6.07, 6.45) is 74.2. The van der Waals surface area contributed by atoms with Gasteiger partial charge in [-0.3, -0.25) is 14.4 Å². The van der Waals surface area contributed by atoms with Gasteiger partial charge in [-0.2, -0.15) is 0 Å². The lowest BCUT2D eigenvalue weighted by molar-refractivity contribution is -0.167. The molecule has 0 aliphatic heterocycles. The topological polar surface area (TPSA) is 78.9 Å². The third-order valence-corrected chi connectivity index (χ3v) is 11.9. The van der Waals surface area contributed by atoms with Crippen molar-refractivity contribution in [1.82, 2.24) is 0 Å². The molecule has 1 atom stereocenters. The van der Waals surface area contributed by atoms with Gasteiger partial charge in [0.05, 0.1) is 0 Å². The zero-order valence-electron chi connectivity index (χ0n) is 44.3. The monoisotopic (exact) mass is 945 g/mol. The molecule has 0 aromatic carbocycles. The van der Waals surface area contributed by atoms with E-state index in [1.165, 1.54) is 109 Å². The molecule has 0 rings (SSSR count). The van der Waals surface area contributed by atoms with Crippen LogP contribution >= 0.6 is 0 Å². The molecule has 0 spiro atoms. The third kappa shape index (κ3) is 53.3. The molecule has 0 heterocycles. The molecule has 68 heavy (non-hydrogen) atoms. The van der Waals surface area contributed by atoms with Crippen LogP contribution in [0.2, 0.25) is 0 Å². The molecule has 0 aromatic rings. The molecular formula is C62H104O6. The fourth-order valence-electron chi connectivity index (χ4n) is 7.63. The van der Waals surface area contributed by atoms with Crippen molar-refractivity contribution in [3.8, 4) is 0 Å². The van der Waals surface area contributed by atoms with Gasteiger partial charge in [0, 0.05) is 19.3 Å². The summed E-state index contributed by atoms with van der Waals surface area (Å²) in [5.74, 6) is -0.938. The van der Waals surface area contributed by atoms with Crippen molar-refractivity contribution in [3.63, 3.8) is 0 Å². The lowest BCUT2D eigenvalue weighted by atomic mass is 10.0. The van der Waals surface area contributed by atoms with Crippen LogP contribution in [0.3, 0.4) is 0 Å². The van der Waals surface area contributed by atoms with Crippen molar-refractivity contribution in [3.05, 3.63) is 97.2 Å². The molecule has 0 radical (unpaired) electrons. The Hall–Kier alpha value is -3.67. The van der Waals surface area contributed by atoms with Crippen LogP contribution in [-0.2, 0) is 28.6 Å². The maximum atomic E-state index is 12.8. The number of carbonyl (C=O) groups excluding carboxylic acids is 3. The quantitative estimate of drug-likeness (QED) is 0.0262. The van der Waals surface area contributed by atoms with Crippen molar-refractivity contribution in [2.75, 3.05) is 13.2 Å². The number of hydrogen-bond acceptors (Lipinski definition) is 6. The van der Waals surface area contributed by atoms with Crippen LogP contribution in [0.25, 0.3) is 0 Å². The van der Waals surface area contributed by atoms with Crippen molar-refractivity contribution < 1.29 is 28.6 Å². The van der Waals surface area contributed by atoms with E-state index in [9.17, 15) is 14.4 Å². The lowest BCUT2D eigenvalue weighted by Gasteiger charge is -2.18. The van der Waals surface area contributed by atoms with Crippen LogP contribution in [0.15, 0.2) is 97.2 Å². The fourth-order valence-corrected chi connectivity index (χ4v) is 7.63. The predicted molar refractivity (Wildman–Crippen MR) is 293 cm³/mol. The average molecular weight is 946 g/mol. The summed E-state index contributed by atoms with van der Waals surface area (Å²) in [4.78, 5) is 37.9. The Labute approximate surface area is 419 Å². The molecular weight excluding hydrogens is 841 g/mol. The highest BCUT2D eigenvalue weighted by Crippen LogP contribution is 2.15. The Morgan fingerprint density at radius 3 is 0.897 bits per heavy atom. The van der Waals surface area contributed by atoms with Crippen LogP contribution in [-0.4, -0.2) is 37.2 Å². The molecule has 0 amide bonds. The van der Waals surface area contributed by atoms with E-state index < -0.39 is 6.10 Å². The second-order valence-corrected chi connectivity index (χ2v) is 18.5. The smallest absolute Gasteiger partial charge is 0.306 e. The molecule has 1 unspecified atom stereocenters. The number of ether oxygens (including phenoxy) is 3. The van der Waals surface area contributed by atoms with E-state index in [1.54, 1.807) is 0 Å². The van der Waals surface area contributed by atoms with Gasteiger partial charge in [0.25, 0.3) is 0 Å². The Morgan fingerprint density at radius 2 is 0.574 bits per heavy atom. The Bertz CT molecular complexity index is 1360. The van der Waals surface area contributed by atoms with Gasteiger partial charge in [-0.1, -0.05) is 253 Å². The Morgan fingerprint density at radius 1 is 0.309 bits per heavy atom. The molecule has 0 aromatic heterocycles. The highest BCUT2D eigenvalue weighted by molar-refractivity contribution is 5.71. The molecule has 0 saturated carbocycles. The summed E-state index contributed by atoms with van der Waals surface area (Å²) in [5.41, 5.74) is 0. The summed E-state index contributed by atoms with van der Waals surface area (Å²) < 4.78 is 16.7. The number of carbonyl (C=O) groups is 3. The van der Waals surface area contributed by atoms with E-state index in [4.69, 9.17) is 14.2 Å². The Balaban J connectivity index is 4.29. The van der Waals surface area contributed by atoms with E-state index in [0.29, 0.717) is 19.3 Å². The number of rotatable bonds is 50. The van der Waals surface area contributed by atoms with Gasteiger partial charge in [0.15, 0.2) is 6.10 Å². The minimum atomic E-state index is -0.791. The highest BCUT2D eigenvalue weighted by Gasteiger charge is 2.19. The standard InChI is InChI=1S/C62H104O6/c1-4-7-10-13-16-18-20-22-24-26-27-28-29-30-31-32-33-34-35-36-38-39-41-43-46-49-52-55-61(64)67-58-59(57-66-60(63)54-51-48-45-15-12-9-6-3)68-62(65)56-53-50-47-44-42-40-37-25-23-21-19-17-14-11-8-5-2/h7,10,16,18,22,24,27-28,30-31,33-34,36,38,41,43,59H,4-6,8-9,11-15,17,19-21,23,25-26,29,32,35,37,39-40,42,44-58H2,1-3H3/b10-7-,18-16-,24-22-,28-27-,31-30-,34-33-,38-36-,43-41-. The van der Waals surface area contributed by atoms with E-state index in [0.717, 1.165) is 109 Å². The second-order valence-electron chi connectivity index (χ2n) is 18.5. The van der Waals surface area contributed by atoms with E-state index in [1.807, 2.05) is 0 Å². The molecule has 0 fully saturated rings. The van der Waals surface area contributed by atoms with Crippen LogP contribution in [0.4, 0.5) is 0 Å². The third-order valence-electron chi connectivity index (χ3n) is 11.9. The molecule has 0 aliphatic carbocycles. The summed E-state index contributed by atoms with van der Waals surface area (Å²) >= 11 is 0. The SMILES string of the molecule is CC/C=C\C/C=C\C/C=C\C/C=C\C/C=C\C/C=C\C/C=C\C/C=C\CCCCC(=O)OCC(COC(=O)CCCCCCCCC)OC(=O)CCCCCCCCCCCCCCCCCC. The van der Waals surface area contributed by atoms with Crippen LogP contribution in [0.5, 0.6) is 0 Å². The zero-order valence-corrected chi connectivity index (χ0v) is 44.3. The molecule has 0 bridgehead atoms. The molecule has 0 saturated heterocycles. The van der Waals surface area contributed by atoms with Crippen molar-refractivity contribution in [2.24, 2.45) is 0 Å². The van der Waals surface area contributed by atoms with E-state index >= 15 is 0 Å². The first kappa shape index (κ1) is 64.3. The van der Waals surface area contributed by atoms with Crippen molar-refractivity contribution in [2.45, 2.75) is 264 Å². The zero-order chi connectivity index (χ0) is 49.3. The van der Waals surface area contributed by atoms with Gasteiger partial charge in [-0.15, -0.1) is 0 Å². The number of allylic oxidation sites excluding steroid dienone is 16. The minimum absolute atomic E-state index is 0.0893. The predicted octanol–water partition coefficient (Wildman–Crippen LogP) is 18.9. The second kappa shape index (κ2) is 55.9. The first-order chi connectivity index (χ1) is 33.5. The molecule has 6 nitrogen and oxygen atoms in total. The molecule has 6 heteroatoms. The number of esters is 3. The largest absolute Gasteiger partial charge is 0.462 e. The van der Waals surface area contributed by atoms with E-state index in [2.05, 4.69) is 118 Å². The van der Waals surface area contributed by atoms with Gasteiger partial charge in [-0.25, -0.2) is 0 Å². The maximum absolute atomic E-state index is 12.8. The van der Waals surface area contributed by atoms with Gasteiger partial charge < -0.3 is 14.2 Å². The fraction of sp³-hybridized carbons (Fsp3) is 0.694. The average Bonchev–Trinajstić information content (AvgIpc) is 3.34. The van der Waals surface area contributed by atoms with Crippen molar-refractivity contribution in [1.29, 1.82) is 0 Å². The maximum Gasteiger partial charge on any atom is 0.306 e. The minimum Gasteiger partial charge on any atom is -0.462 e.